The molecule has 1 aliphatic heterocycles. The van der Waals surface area contributed by atoms with E-state index in [1.54, 1.807) is 4.90 Å². The number of ether oxygens (including phenoxy) is 1. The van der Waals surface area contributed by atoms with Crippen molar-refractivity contribution in [2.24, 2.45) is 0 Å². The van der Waals surface area contributed by atoms with E-state index < -0.39 is 17.7 Å². The molecule has 1 amide bonds. The summed E-state index contributed by atoms with van der Waals surface area (Å²) in [5.74, 6) is 0.108. The fourth-order valence-corrected chi connectivity index (χ4v) is 3.02. The summed E-state index contributed by atoms with van der Waals surface area (Å²) in [6.45, 7) is 6.07. The van der Waals surface area contributed by atoms with Crippen molar-refractivity contribution in [3.63, 3.8) is 0 Å². The molecule has 1 heterocycles. The van der Waals surface area contributed by atoms with Gasteiger partial charge in [-0.1, -0.05) is 28.1 Å². The highest BCUT2D eigenvalue weighted by molar-refractivity contribution is 9.10. The van der Waals surface area contributed by atoms with Crippen LogP contribution < -0.4 is 0 Å². The van der Waals surface area contributed by atoms with E-state index in [9.17, 15) is 9.59 Å². The van der Waals surface area contributed by atoms with Gasteiger partial charge >= 0.3 is 6.09 Å². The molecule has 120 valence electrons. The number of halogens is 1. The van der Waals surface area contributed by atoms with Crippen LogP contribution in [0.2, 0.25) is 0 Å². The van der Waals surface area contributed by atoms with E-state index in [4.69, 9.17) is 4.74 Å². The lowest BCUT2D eigenvalue weighted by molar-refractivity contribution is -0.126. The van der Waals surface area contributed by atoms with Crippen LogP contribution >= 0.6 is 15.9 Å². The second-order valence-corrected chi connectivity index (χ2v) is 7.51. The Balaban J connectivity index is 2.16. The van der Waals surface area contributed by atoms with Crippen LogP contribution in [-0.2, 0) is 16.0 Å². The molecule has 1 aliphatic rings. The summed E-state index contributed by atoms with van der Waals surface area (Å²) in [7, 11) is 0. The number of carbonyl (C=O) groups excluding carboxylic acids is 2. The van der Waals surface area contributed by atoms with Crippen molar-refractivity contribution in [1.82, 2.24) is 4.90 Å². The first-order chi connectivity index (χ1) is 10.3. The minimum Gasteiger partial charge on any atom is -0.444 e. The Labute approximate surface area is 140 Å². The van der Waals surface area contributed by atoms with Gasteiger partial charge in [-0.15, -0.1) is 0 Å². The Morgan fingerprint density at radius 2 is 2.14 bits per heavy atom. The first-order valence-corrected chi connectivity index (χ1v) is 8.32. The van der Waals surface area contributed by atoms with Gasteiger partial charge in [0.1, 0.15) is 5.60 Å². The number of ketones is 1. The van der Waals surface area contributed by atoms with Crippen molar-refractivity contribution in [3.05, 3.63) is 34.3 Å². The Kier molecular flexibility index (Phi) is 5.27. The van der Waals surface area contributed by atoms with Gasteiger partial charge in [-0.2, -0.15) is 0 Å². The molecule has 1 saturated heterocycles. The zero-order valence-electron chi connectivity index (χ0n) is 13.3. The van der Waals surface area contributed by atoms with E-state index >= 15 is 0 Å². The summed E-state index contributed by atoms with van der Waals surface area (Å²) in [6.07, 6.45) is 1.35. The van der Waals surface area contributed by atoms with Gasteiger partial charge in [0, 0.05) is 23.9 Å². The summed E-state index contributed by atoms with van der Waals surface area (Å²) in [4.78, 5) is 26.3. The number of rotatable bonds is 2. The molecule has 5 heteroatoms. The summed E-state index contributed by atoms with van der Waals surface area (Å²) in [5.41, 5.74) is 0.473. The molecule has 2 rings (SSSR count). The zero-order valence-corrected chi connectivity index (χ0v) is 14.9. The van der Waals surface area contributed by atoms with Gasteiger partial charge in [-0.05, 0) is 44.9 Å². The molecule has 0 saturated carbocycles. The van der Waals surface area contributed by atoms with Gasteiger partial charge in [-0.25, -0.2) is 4.79 Å². The zero-order chi connectivity index (χ0) is 16.3. The topological polar surface area (TPSA) is 46.6 Å². The van der Waals surface area contributed by atoms with Gasteiger partial charge < -0.3 is 4.74 Å². The lowest BCUT2D eigenvalue weighted by Crippen LogP contribution is -2.51. The van der Waals surface area contributed by atoms with Crippen molar-refractivity contribution in [2.75, 3.05) is 6.54 Å². The molecule has 1 unspecified atom stereocenters. The van der Waals surface area contributed by atoms with Crippen LogP contribution in [0.1, 0.15) is 39.2 Å². The first kappa shape index (κ1) is 17.0. The molecular formula is C17H22BrNO3. The molecule has 0 aromatic heterocycles. The van der Waals surface area contributed by atoms with Gasteiger partial charge in [0.05, 0.1) is 6.04 Å². The van der Waals surface area contributed by atoms with Crippen molar-refractivity contribution in [2.45, 2.75) is 51.7 Å². The van der Waals surface area contributed by atoms with E-state index in [0.717, 1.165) is 10.0 Å². The molecule has 0 aliphatic carbocycles. The molecule has 0 N–H and O–H groups in total. The van der Waals surface area contributed by atoms with Gasteiger partial charge in [-0.3, -0.25) is 9.69 Å². The monoisotopic (exact) mass is 367 g/mol. The first-order valence-electron chi connectivity index (χ1n) is 7.53. The van der Waals surface area contributed by atoms with E-state index in [0.29, 0.717) is 25.8 Å². The fraction of sp³-hybridized carbons (Fsp3) is 0.529. The van der Waals surface area contributed by atoms with E-state index in [2.05, 4.69) is 15.9 Å². The third-order valence-electron chi connectivity index (χ3n) is 3.52. The number of amides is 1. The highest BCUT2D eigenvalue weighted by Crippen LogP contribution is 2.22. The SMILES string of the molecule is CC(C)(C)OC(=O)N1CCCC(=O)C1Cc1cccc(Br)c1. The molecule has 1 atom stereocenters. The summed E-state index contributed by atoms with van der Waals surface area (Å²) in [5, 5.41) is 0. The van der Waals surface area contributed by atoms with Crippen LogP contribution in [0.25, 0.3) is 0 Å². The average molecular weight is 368 g/mol. The number of hydrogen-bond donors (Lipinski definition) is 0. The van der Waals surface area contributed by atoms with Crippen LogP contribution in [0.3, 0.4) is 0 Å². The minimum atomic E-state index is -0.558. The van der Waals surface area contributed by atoms with E-state index in [1.807, 2.05) is 45.0 Å². The van der Waals surface area contributed by atoms with Crippen molar-refractivity contribution >= 4 is 27.8 Å². The normalized spacial score (nSPS) is 19.2. The van der Waals surface area contributed by atoms with Crippen LogP contribution in [0.5, 0.6) is 0 Å². The number of piperidine rings is 1. The highest BCUT2D eigenvalue weighted by atomic mass is 79.9. The number of benzene rings is 1. The number of carbonyl (C=O) groups is 2. The third kappa shape index (κ3) is 4.57. The van der Waals surface area contributed by atoms with Gasteiger partial charge in [0.15, 0.2) is 5.78 Å². The second-order valence-electron chi connectivity index (χ2n) is 6.59. The van der Waals surface area contributed by atoms with Crippen LogP contribution in [0, 0.1) is 0 Å². The van der Waals surface area contributed by atoms with E-state index in [1.165, 1.54) is 0 Å². The predicted octanol–water partition coefficient (Wildman–Crippen LogP) is 3.96. The third-order valence-corrected chi connectivity index (χ3v) is 4.01. The van der Waals surface area contributed by atoms with Crippen molar-refractivity contribution < 1.29 is 14.3 Å². The van der Waals surface area contributed by atoms with E-state index in [-0.39, 0.29) is 5.78 Å². The van der Waals surface area contributed by atoms with Gasteiger partial charge in [0.25, 0.3) is 0 Å². The van der Waals surface area contributed by atoms with Crippen molar-refractivity contribution in [1.29, 1.82) is 0 Å². The molecule has 0 bridgehead atoms. The lowest BCUT2D eigenvalue weighted by atomic mass is 9.95. The maximum Gasteiger partial charge on any atom is 0.410 e. The smallest absolute Gasteiger partial charge is 0.410 e. The number of Topliss-reactive ketones (excluding diaryl/α,β-unsaturated/α-hetero) is 1. The Morgan fingerprint density at radius 3 is 2.77 bits per heavy atom. The molecule has 22 heavy (non-hydrogen) atoms. The maximum absolute atomic E-state index is 12.4. The quantitative estimate of drug-likeness (QED) is 0.794. The van der Waals surface area contributed by atoms with Crippen LogP contribution in [-0.4, -0.2) is 35.0 Å². The van der Waals surface area contributed by atoms with Crippen LogP contribution in [0.15, 0.2) is 28.7 Å². The molecule has 1 fully saturated rings. The summed E-state index contributed by atoms with van der Waals surface area (Å²) in [6, 6.07) is 7.40. The number of hydrogen-bond acceptors (Lipinski definition) is 3. The molecular weight excluding hydrogens is 346 g/mol. The number of likely N-dealkylation sites (tertiary alicyclic amines) is 1. The predicted molar refractivity (Wildman–Crippen MR) is 88.8 cm³/mol. The van der Waals surface area contributed by atoms with Crippen LogP contribution in [0.4, 0.5) is 4.79 Å². The maximum atomic E-state index is 12.4. The van der Waals surface area contributed by atoms with Gasteiger partial charge in [0.2, 0.25) is 0 Å². The average Bonchev–Trinajstić information content (AvgIpc) is 2.39. The Hall–Kier alpha value is -1.36. The highest BCUT2D eigenvalue weighted by Gasteiger charge is 2.35. The molecule has 0 spiro atoms. The lowest BCUT2D eigenvalue weighted by Gasteiger charge is -2.35. The molecule has 1 aromatic rings. The Morgan fingerprint density at radius 1 is 1.41 bits per heavy atom. The summed E-state index contributed by atoms with van der Waals surface area (Å²) >= 11 is 3.44. The summed E-state index contributed by atoms with van der Waals surface area (Å²) < 4.78 is 6.41. The molecule has 4 nitrogen and oxygen atoms in total. The largest absolute Gasteiger partial charge is 0.444 e. The fourth-order valence-electron chi connectivity index (χ4n) is 2.57. The molecule has 0 radical (unpaired) electrons. The minimum absolute atomic E-state index is 0.108. The Bertz CT molecular complexity index is 565. The standard InChI is InChI=1S/C17H22BrNO3/c1-17(2,3)22-16(21)19-9-5-8-15(20)14(19)11-12-6-4-7-13(18)10-12/h4,6-7,10,14H,5,8-9,11H2,1-3H3. The van der Waals surface area contributed by atoms with Crippen molar-refractivity contribution in [3.8, 4) is 0 Å². The molecule has 1 aromatic carbocycles. The number of nitrogens with zero attached hydrogens (tertiary/aromatic N) is 1. The second kappa shape index (κ2) is 6.82.